The van der Waals surface area contributed by atoms with Crippen molar-refractivity contribution in [3.63, 3.8) is 0 Å². The summed E-state index contributed by atoms with van der Waals surface area (Å²) in [4.78, 5) is 32.3. The lowest BCUT2D eigenvalue weighted by Crippen LogP contribution is -2.55. The van der Waals surface area contributed by atoms with E-state index in [0.717, 1.165) is 23.8 Å². The van der Waals surface area contributed by atoms with Crippen LogP contribution in [0.25, 0.3) is 0 Å². The maximum Gasteiger partial charge on any atom is 0.434 e. The fourth-order valence-electron chi connectivity index (χ4n) is 4.27. The van der Waals surface area contributed by atoms with Gasteiger partial charge >= 0.3 is 18.4 Å². The van der Waals surface area contributed by atoms with E-state index in [2.05, 4.69) is 19.9 Å². The first kappa shape index (κ1) is 24.6. The number of alkyl halides is 6. The summed E-state index contributed by atoms with van der Waals surface area (Å²) in [5.74, 6) is 0.377. The predicted octanol–water partition coefficient (Wildman–Crippen LogP) is 3.08. The van der Waals surface area contributed by atoms with E-state index in [4.69, 9.17) is 0 Å². The lowest BCUT2D eigenvalue weighted by atomic mass is 9.89. The van der Waals surface area contributed by atoms with Gasteiger partial charge in [0.05, 0.1) is 6.54 Å². The van der Waals surface area contributed by atoms with Crippen molar-refractivity contribution in [2.24, 2.45) is 0 Å². The maximum absolute atomic E-state index is 12.8. The molecule has 1 N–H and O–H groups in total. The van der Waals surface area contributed by atoms with Crippen molar-refractivity contribution in [2.75, 3.05) is 19.6 Å². The molecule has 1 saturated carbocycles. The maximum atomic E-state index is 12.8. The minimum absolute atomic E-state index is 0.125. The third kappa shape index (κ3) is 5.41. The lowest BCUT2D eigenvalue weighted by molar-refractivity contribution is -0.308. The molecule has 3 aliphatic rings. The Bertz CT molecular complexity index is 920. The minimum Gasteiger partial charge on any atom is -0.426 e. The number of nitrogens with zero attached hydrogens (tertiary/aromatic N) is 4. The molecular weight excluding hydrogens is 472 g/mol. The number of nitrogens with one attached hydrogen (secondary N) is 1. The third-order valence-electron chi connectivity index (χ3n) is 6.48. The quantitative estimate of drug-likeness (QED) is 0.647. The summed E-state index contributed by atoms with van der Waals surface area (Å²) >= 11 is 0. The van der Waals surface area contributed by atoms with Gasteiger partial charge in [-0.25, -0.2) is 9.78 Å². The molecule has 34 heavy (non-hydrogen) atoms. The molecule has 190 valence electrons. The topological polar surface area (TPSA) is 79.7 Å². The first-order chi connectivity index (χ1) is 15.7. The van der Waals surface area contributed by atoms with Gasteiger partial charge in [0, 0.05) is 44.0 Å². The lowest BCUT2D eigenvalue weighted by Gasteiger charge is -2.39. The Kier molecular flexibility index (Phi) is 6.23. The highest BCUT2D eigenvalue weighted by atomic mass is 19.4. The number of carbonyl (C=O) groups excluding carboxylic acids is 2. The van der Waals surface area contributed by atoms with Crippen molar-refractivity contribution in [3.8, 4) is 0 Å². The standard InChI is InChI=1S/C20H25F6N5O3/c1-18(4-6-29(7-5-18)17(33)34-16(19(21,22)23)20(24,25)26)28-15(32)13-10-31-9-8-30(12-2-3-12)11-14(31)27-13/h10,12,16H,2-9,11H2,1H3,(H,28,32). The molecule has 2 fully saturated rings. The number of piperidine rings is 1. The van der Waals surface area contributed by atoms with Crippen molar-refractivity contribution in [2.45, 2.75) is 75.7 Å². The van der Waals surface area contributed by atoms with Crippen molar-refractivity contribution in [1.29, 1.82) is 0 Å². The minimum atomic E-state index is -5.77. The van der Waals surface area contributed by atoms with Crippen molar-refractivity contribution >= 4 is 12.0 Å². The van der Waals surface area contributed by atoms with Crippen LogP contribution in [0.1, 0.15) is 48.9 Å². The molecule has 4 rings (SSSR count). The Morgan fingerprint density at radius 1 is 1.09 bits per heavy atom. The molecule has 2 amide bonds. The number of ether oxygens (including phenoxy) is 1. The number of likely N-dealkylation sites (tertiary alicyclic amines) is 1. The van der Waals surface area contributed by atoms with Crippen LogP contribution in [0, 0.1) is 0 Å². The number of amides is 2. The second-order valence-electron chi connectivity index (χ2n) is 9.29. The number of rotatable bonds is 4. The van der Waals surface area contributed by atoms with Crippen LogP contribution in [0.2, 0.25) is 0 Å². The fourth-order valence-corrected chi connectivity index (χ4v) is 4.27. The zero-order chi connectivity index (χ0) is 24.9. The summed E-state index contributed by atoms with van der Waals surface area (Å²) in [6, 6.07) is 0.584. The second kappa shape index (κ2) is 8.61. The summed E-state index contributed by atoms with van der Waals surface area (Å²) < 4.78 is 81.6. The van der Waals surface area contributed by atoms with E-state index in [1.807, 2.05) is 4.57 Å². The number of fused-ring (bicyclic) bond motifs is 1. The monoisotopic (exact) mass is 497 g/mol. The second-order valence-corrected chi connectivity index (χ2v) is 9.29. The van der Waals surface area contributed by atoms with E-state index >= 15 is 0 Å². The third-order valence-corrected chi connectivity index (χ3v) is 6.48. The molecule has 0 radical (unpaired) electrons. The van der Waals surface area contributed by atoms with Gasteiger partial charge in [-0.1, -0.05) is 0 Å². The van der Waals surface area contributed by atoms with Crippen LogP contribution in [0.4, 0.5) is 31.1 Å². The first-order valence-electron chi connectivity index (χ1n) is 11.0. The molecule has 2 aliphatic heterocycles. The van der Waals surface area contributed by atoms with Crippen molar-refractivity contribution in [1.82, 2.24) is 24.7 Å². The van der Waals surface area contributed by atoms with Gasteiger partial charge in [-0.2, -0.15) is 26.3 Å². The van der Waals surface area contributed by atoms with Gasteiger partial charge in [0.25, 0.3) is 12.0 Å². The van der Waals surface area contributed by atoms with E-state index in [-0.39, 0.29) is 31.6 Å². The van der Waals surface area contributed by atoms with Gasteiger partial charge < -0.3 is 19.5 Å². The van der Waals surface area contributed by atoms with Crippen molar-refractivity contribution in [3.05, 3.63) is 17.7 Å². The number of hydrogen-bond donors (Lipinski definition) is 1. The van der Waals surface area contributed by atoms with E-state index in [0.29, 0.717) is 12.6 Å². The van der Waals surface area contributed by atoms with Gasteiger partial charge in [-0.05, 0) is 32.6 Å². The van der Waals surface area contributed by atoms with Crippen LogP contribution in [0.15, 0.2) is 6.20 Å². The Morgan fingerprint density at radius 2 is 1.71 bits per heavy atom. The molecular formula is C20H25F6N5O3. The average molecular weight is 497 g/mol. The highest BCUT2D eigenvalue weighted by Gasteiger charge is 2.60. The van der Waals surface area contributed by atoms with Gasteiger partial charge in [-0.3, -0.25) is 9.69 Å². The van der Waals surface area contributed by atoms with Crippen LogP contribution >= 0.6 is 0 Å². The number of carbonyl (C=O) groups is 2. The summed E-state index contributed by atoms with van der Waals surface area (Å²) in [5, 5.41) is 2.85. The number of aromatic nitrogens is 2. The van der Waals surface area contributed by atoms with Crippen LogP contribution in [-0.2, 0) is 17.8 Å². The highest BCUT2D eigenvalue weighted by Crippen LogP contribution is 2.36. The zero-order valence-electron chi connectivity index (χ0n) is 18.4. The summed E-state index contributed by atoms with van der Waals surface area (Å²) in [6.07, 6.45) is -13.2. The van der Waals surface area contributed by atoms with Gasteiger partial charge in [0.1, 0.15) is 11.5 Å². The summed E-state index contributed by atoms with van der Waals surface area (Å²) in [6.45, 7) is 3.65. The van der Waals surface area contributed by atoms with E-state index in [1.54, 1.807) is 13.1 Å². The Labute approximate surface area is 191 Å². The summed E-state index contributed by atoms with van der Waals surface area (Å²) in [5.41, 5.74) is -0.570. The highest BCUT2D eigenvalue weighted by molar-refractivity contribution is 5.92. The number of hydrogen-bond acceptors (Lipinski definition) is 5. The Balaban J connectivity index is 1.32. The molecule has 0 bridgehead atoms. The van der Waals surface area contributed by atoms with E-state index in [1.165, 1.54) is 12.8 Å². The van der Waals surface area contributed by atoms with Gasteiger partial charge in [0.15, 0.2) is 0 Å². The van der Waals surface area contributed by atoms with Crippen LogP contribution < -0.4 is 5.32 Å². The zero-order valence-corrected chi connectivity index (χ0v) is 18.4. The number of imidazole rings is 1. The van der Waals surface area contributed by atoms with E-state index in [9.17, 15) is 35.9 Å². The van der Waals surface area contributed by atoms with Gasteiger partial charge in [0.2, 0.25) is 0 Å². The first-order valence-corrected chi connectivity index (χ1v) is 11.0. The normalized spacial score (nSPS) is 21.4. The Morgan fingerprint density at radius 3 is 2.26 bits per heavy atom. The van der Waals surface area contributed by atoms with Gasteiger partial charge in [-0.15, -0.1) is 0 Å². The molecule has 8 nitrogen and oxygen atoms in total. The molecule has 1 aromatic heterocycles. The summed E-state index contributed by atoms with van der Waals surface area (Å²) in [7, 11) is 0. The SMILES string of the molecule is CC1(NC(=O)c2cn3c(n2)CN(C2CC2)CC3)CCN(C(=O)OC(C(F)(F)F)C(F)(F)F)CC1. The molecule has 1 aromatic rings. The molecule has 1 saturated heterocycles. The largest absolute Gasteiger partial charge is 0.434 e. The molecule has 14 heteroatoms. The van der Waals surface area contributed by atoms with E-state index < -0.39 is 36.0 Å². The van der Waals surface area contributed by atoms with Crippen LogP contribution in [-0.4, -0.2) is 81.0 Å². The predicted molar refractivity (Wildman–Crippen MR) is 105 cm³/mol. The molecule has 3 heterocycles. The smallest absolute Gasteiger partial charge is 0.426 e. The molecule has 0 aromatic carbocycles. The molecule has 0 unspecified atom stereocenters. The number of halogens is 6. The van der Waals surface area contributed by atoms with Crippen LogP contribution in [0.3, 0.4) is 0 Å². The molecule has 0 atom stereocenters. The Hall–Kier alpha value is -2.51. The average Bonchev–Trinajstić information content (AvgIpc) is 3.48. The fraction of sp³-hybridized carbons (Fsp3) is 0.750. The molecule has 1 aliphatic carbocycles. The van der Waals surface area contributed by atoms with Crippen molar-refractivity contribution < 1.29 is 40.7 Å². The van der Waals surface area contributed by atoms with Crippen LogP contribution in [0.5, 0.6) is 0 Å². The molecule has 0 spiro atoms.